The van der Waals surface area contributed by atoms with Crippen LogP contribution < -0.4 is 4.74 Å². The summed E-state index contributed by atoms with van der Waals surface area (Å²) in [6.45, 7) is 6.31. The van der Waals surface area contributed by atoms with Crippen molar-refractivity contribution in [2.45, 2.75) is 45.0 Å². The van der Waals surface area contributed by atoms with Crippen molar-refractivity contribution in [3.8, 4) is 5.75 Å². The van der Waals surface area contributed by atoms with Crippen LogP contribution in [0.5, 0.6) is 5.75 Å². The molecule has 1 aromatic heterocycles. The van der Waals surface area contributed by atoms with E-state index < -0.39 is 16.5 Å². The highest BCUT2D eigenvalue weighted by Gasteiger charge is 2.22. The maximum absolute atomic E-state index is 14.1. The van der Waals surface area contributed by atoms with Crippen molar-refractivity contribution in [3.05, 3.63) is 59.5 Å². The Morgan fingerprint density at radius 2 is 2.14 bits per heavy atom. The van der Waals surface area contributed by atoms with Crippen molar-refractivity contribution in [1.29, 1.82) is 0 Å². The van der Waals surface area contributed by atoms with Crippen LogP contribution in [0.25, 0.3) is 0 Å². The number of pyridine rings is 1. The second-order valence-electron chi connectivity index (χ2n) is 7.59. The number of nitrogens with zero attached hydrogens (tertiary/aromatic N) is 2. The van der Waals surface area contributed by atoms with Gasteiger partial charge >= 0.3 is 0 Å². The van der Waals surface area contributed by atoms with Crippen LogP contribution in [0, 0.1) is 5.92 Å². The van der Waals surface area contributed by atoms with E-state index in [0.717, 1.165) is 29.2 Å². The standard InChI is InChI=1S/C22H27FN2O2S/c1-16-6-9-22(3,23)10-7-19(16)13-25-17(2)28(26)15-20-12-21(8-11-24-20)27-14-18-4-5-18/h6-12,18H,4-5,13-15H2,1-3H3. The van der Waals surface area contributed by atoms with E-state index in [-0.39, 0.29) is 0 Å². The largest absolute Gasteiger partial charge is 0.493 e. The molecule has 4 nitrogen and oxygen atoms in total. The van der Waals surface area contributed by atoms with Gasteiger partial charge in [0.15, 0.2) is 0 Å². The normalized spacial score (nSPS) is 23.6. The van der Waals surface area contributed by atoms with E-state index in [9.17, 15) is 8.60 Å². The number of halogens is 1. The van der Waals surface area contributed by atoms with Crippen molar-refractivity contribution in [2.75, 3.05) is 13.2 Å². The van der Waals surface area contributed by atoms with E-state index in [1.54, 1.807) is 25.3 Å². The van der Waals surface area contributed by atoms with Crippen molar-refractivity contribution in [3.63, 3.8) is 0 Å². The second-order valence-corrected chi connectivity index (χ2v) is 9.16. The van der Waals surface area contributed by atoms with Gasteiger partial charge in [0.1, 0.15) is 11.4 Å². The molecule has 0 bridgehead atoms. The highest BCUT2D eigenvalue weighted by molar-refractivity contribution is 7.99. The minimum atomic E-state index is -1.46. The van der Waals surface area contributed by atoms with Gasteiger partial charge in [-0.2, -0.15) is 0 Å². The zero-order chi connectivity index (χ0) is 20.1. The van der Waals surface area contributed by atoms with Crippen LogP contribution in [0.15, 0.2) is 58.8 Å². The molecule has 0 amide bonds. The number of aromatic nitrogens is 1. The van der Waals surface area contributed by atoms with Gasteiger partial charge in [0, 0.05) is 12.3 Å². The molecular weight excluding hydrogens is 375 g/mol. The zero-order valence-corrected chi connectivity index (χ0v) is 17.5. The molecule has 2 unspecified atom stereocenters. The Labute approximate surface area is 168 Å². The molecule has 1 aromatic rings. The Balaban J connectivity index is 1.59. The van der Waals surface area contributed by atoms with Gasteiger partial charge in [0.2, 0.25) is 0 Å². The van der Waals surface area contributed by atoms with Crippen LogP contribution in [0.2, 0.25) is 0 Å². The summed E-state index contributed by atoms with van der Waals surface area (Å²) in [5.41, 5.74) is 1.15. The number of aliphatic imine (C=N–C) groups is 1. The van der Waals surface area contributed by atoms with Gasteiger partial charge < -0.3 is 4.74 Å². The first-order valence-corrected chi connectivity index (χ1v) is 10.9. The highest BCUT2D eigenvalue weighted by atomic mass is 32.2. The first-order chi connectivity index (χ1) is 13.3. The molecule has 3 rings (SSSR count). The van der Waals surface area contributed by atoms with Gasteiger partial charge in [0.25, 0.3) is 0 Å². The maximum Gasteiger partial charge on any atom is 0.145 e. The monoisotopic (exact) mass is 402 g/mol. The molecule has 0 aliphatic heterocycles. The van der Waals surface area contributed by atoms with Gasteiger partial charge in [-0.1, -0.05) is 12.2 Å². The maximum atomic E-state index is 14.1. The Kier molecular flexibility index (Phi) is 6.60. The second kappa shape index (κ2) is 8.95. The van der Waals surface area contributed by atoms with E-state index in [2.05, 4.69) is 9.98 Å². The molecule has 1 saturated carbocycles. The SMILES string of the molecule is CC(=NCC1=C(C)C=CC(C)(F)C=C1)S(=O)Cc1cc(OCC2CC2)ccn1. The zero-order valence-electron chi connectivity index (χ0n) is 16.7. The van der Waals surface area contributed by atoms with Gasteiger partial charge in [-0.15, -0.1) is 0 Å². The van der Waals surface area contributed by atoms with Crippen molar-refractivity contribution in [2.24, 2.45) is 10.9 Å². The minimum Gasteiger partial charge on any atom is -0.493 e. The number of alkyl halides is 1. The van der Waals surface area contributed by atoms with Gasteiger partial charge in [-0.3, -0.25) is 14.2 Å². The summed E-state index contributed by atoms with van der Waals surface area (Å²) in [5.74, 6) is 1.75. The average Bonchev–Trinajstić information content (AvgIpc) is 3.49. The molecule has 1 heterocycles. The fourth-order valence-electron chi connectivity index (χ4n) is 2.65. The summed E-state index contributed by atoms with van der Waals surface area (Å²) >= 11 is 0. The summed E-state index contributed by atoms with van der Waals surface area (Å²) in [4.78, 5) is 8.76. The third-order valence-corrected chi connectivity index (χ3v) is 6.17. The van der Waals surface area contributed by atoms with Crippen molar-refractivity contribution < 1.29 is 13.3 Å². The predicted octanol–water partition coefficient (Wildman–Crippen LogP) is 4.71. The van der Waals surface area contributed by atoms with Crippen molar-refractivity contribution in [1.82, 2.24) is 4.98 Å². The van der Waals surface area contributed by atoms with E-state index in [0.29, 0.717) is 23.3 Å². The van der Waals surface area contributed by atoms with Crippen LogP contribution in [0.4, 0.5) is 4.39 Å². The molecule has 0 spiro atoms. The van der Waals surface area contributed by atoms with E-state index in [1.807, 2.05) is 19.1 Å². The van der Waals surface area contributed by atoms with E-state index >= 15 is 0 Å². The van der Waals surface area contributed by atoms with Crippen LogP contribution in [-0.2, 0) is 16.6 Å². The Morgan fingerprint density at radius 1 is 1.39 bits per heavy atom. The summed E-state index contributed by atoms with van der Waals surface area (Å²) in [5, 5.41) is 0.552. The molecule has 0 radical (unpaired) electrons. The molecule has 0 saturated heterocycles. The molecule has 150 valence electrons. The Morgan fingerprint density at radius 3 is 2.89 bits per heavy atom. The first kappa shape index (κ1) is 20.6. The lowest BCUT2D eigenvalue weighted by Gasteiger charge is -2.08. The average molecular weight is 403 g/mol. The third-order valence-electron chi connectivity index (χ3n) is 4.83. The molecule has 0 aromatic carbocycles. The van der Waals surface area contributed by atoms with E-state index in [1.165, 1.54) is 31.9 Å². The molecular formula is C22H27FN2O2S. The summed E-state index contributed by atoms with van der Waals surface area (Å²) in [7, 11) is -1.27. The predicted molar refractivity (Wildman–Crippen MR) is 113 cm³/mol. The lowest BCUT2D eigenvalue weighted by atomic mass is 10.1. The third kappa shape index (κ3) is 6.23. The van der Waals surface area contributed by atoms with Crippen LogP contribution in [0.1, 0.15) is 39.3 Å². The number of rotatable bonds is 7. The fraction of sp³-hybridized carbons (Fsp3) is 0.455. The number of allylic oxidation sites excluding steroid dienone is 4. The quantitative estimate of drug-likeness (QED) is 0.490. The number of ether oxygens (including phenoxy) is 1. The molecule has 0 N–H and O–H groups in total. The van der Waals surface area contributed by atoms with Gasteiger partial charge in [0.05, 0.1) is 40.4 Å². The first-order valence-electron chi connectivity index (χ1n) is 9.57. The summed E-state index contributed by atoms with van der Waals surface area (Å²) in [6, 6.07) is 3.68. The number of hydrogen-bond donors (Lipinski definition) is 0. The molecule has 2 aliphatic carbocycles. The Bertz CT molecular complexity index is 867. The summed E-state index contributed by atoms with van der Waals surface area (Å²) in [6.07, 6.45) is 10.8. The van der Waals surface area contributed by atoms with Crippen molar-refractivity contribution >= 4 is 15.8 Å². The molecule has 28 heavy (non-hydrogen) atoms. The molecule has 2 aliphatic rings. The molecule has 1 fully saturated rings. The van der Waals surface area contributed by atoms with Crippen LogP contribution in [0.3, 0.4) is 0 Å². The number of hydrogen-bond acceptors (Lipinski definition) is 4. The minimum absolute atomic E-state index is 0.298. The lowest BCUT2D eigenvalue weighted by Crippen LogP contribution is -2.09. The smallest absolute Gasteiger partial charge is 0.145 e. The highest BCUT2D eigenvalue weighted by Crippen LogP contribution is 2.29. The Hall–Kier alpha value is -2.08. The van der Waals surface area contributed by atoms with Gasteiger partial charge in [-0.25, -0.2) is 4.39 Å². The molecule has 6 heteroatoms. The lowest BCUT2D eigenvalue weighted by molar-refractivity contribution is 0.299. The fourth-order valence-corrected chi connectivity index (χ4v) is 3.50. The summed E-state index contributed by atoms with van der Waals surface area (Å²) < 4.78 is 32.5. The van der Waals surface area contributed by atoms with Crippen LogP contribution >= 0.6 is 0 Å². The van der Waals surface area contributed by atoms with E-state index in [4.69, 9.17) is 4.74 Å². The molecule has 2 atom stereocenters. The topological polar surface area (TPSA) is 51.5 Å². The van der Waals surface area contributed by atoms with Gasteiger partial charge in [-0.05, 0) is 68.9 Å². The van der Waals surface area contributed by atoms with Crippen LogP contribution in [-0.4, -0.2) is 33.1 Å².